The van der Waals surface area contributed by atoms with Crippen molar-refractivity contribution in [1.29, 1.82) is 0 Å². The number of carbonyl (C=O) groups excluding carboxylic acids is 1. The molecule has 1 heterocycles. The summed E-state index contributed by atoms with van der Waals surface area (Å²) in [6.45, 7) is 2.40. The number of aromatic nitrogens is 2. The smallest absolute Gasteiger partial charge is 0.272 e. The van der Waals surface area contributed by atoms with Gasteiger partial charge in [-0.25, -0.2) is 5.10 Å². The number of aromatic amines is 1. The van der Waals surface area contributed by atoms with Gasteiger partial charge in [0, 0.05) is 5.39 Å². The Balaban J connectivity index is 1.84. The second-order valence-corrected chi connectivity index (χ2v) is 5.20. The number of anilines is 1. The largest absolute Gasteiger partial charge is 0.492 e. The number of carbonyl (C=O) groups is 1. The maximum Gasteiger partial charge on any atom is 0.272 e. The number of H-pyrrole nitrogens is 1. The summed E-state index contributed by atoms with van der Waals surface area (Å²) in [5.74, 6) is 0.388. The van der Waals surface area contributed by atoms with Gasteiger partial charge in [-0.2, -0.15) is 5.10 Å². The summed E-state index contributed by atoms with van der Waals surface area (Å²) in [7, 11) is 0. The van der Waals surface area contributed by atoms with Crippen molar-refractivity contribution in [2.75, 3.05) is 11.9 Å². The molecule has 1 aromatic heterocycles. The number of para-hydroxylation sites is 2. The molecule has 2 N–H and O–H groups in total. The fourth-order valence-corrected chi connectivity index (χ4v) is 2.50. The Morgan fingerprint density at radius 1 is 1.12 bits per heavy atom. The molecule has 0 unspecified atom stereocenters. The van der Waals surface area contributed by atoms with Crippen LogP contribution in [0.5, 0.6) is 5.75 Å². The standard InChI is InChI=1S/C18H17N3O3/c1-2-24-16-10-6-5-9-14(16)19-17(22)11-15-12-7-3-4-8-13(12)18(23)21-20-15/h3-10H,2,11H2,1H3,(H,19,22)(H,21,23). The molecule has 0 aliphatic heterocycles. The molecule has 6 nitrogen and oxygen atoms in total. The predicted octanol–water partition coefficient (Wildman–Crippen LogP) is 2.50. The van der Waals surface area contributed by atoms with E-state index in [1.807, 2.05) is 25.1 Å². The van der Waals surface area contributed by atoms with Gasteiger partial charge in [-0.15, -0.1) is 0 Å². The van der Waals surface area contributed by atoms with Crippen molar-refractivity contribution in [3.05, 3.63) is 64.6 Å². The zero-order valence-electron chi connectivity index (χ0n) is 13.2. The molecule has 0 atom stereocenters. The molecule has 0 aliphatic rings. The van der Waals surface area contributed by atoms with Gasteiger partial charge in [0.25, 0.3) is 5.56 Å². The topological polar surface area (TPSA) is 84.1 Å². The van der Waals surface area contributed by atoms with Gasteiger partial charge in [0.1, 0.15) is 5.75 Å². The van der Waals surface area contributed by atoms with E-state index in [2.05, 4.69) is 15.5 Å². The summed E-state index contributed by atoms with van der Waals surface area (Å²) in [6, 6.07) is 14.3. The molecule has 0 bridgehead atoms. The van der Waals surface area contributed by atoms with Crippen LogP contribution in [-0.4, -0.2) is 22.7 Å². The quantitative estimate of drug-likeness (QED) is 0.755. The summed E-state index contributed by atoms with van der Waals surface area (Å²) in [6.07, 6.45) is 0.0533. The van der Waals surface area contributed by atoms with Crippen LogP contribution in [0.25, 0.3) is 10.8 Å². The summed E-state index contributed by atoms with van der Waals surface area (Å²) in [5, 5.41) is 10.5. The van der Waals surface area contributed by atoms with Crippen molar-refractivity contribution < 1.29 is 9.53 Å². The number of hydrogen-bond donors (Lipinski definition) is 2. The number of fused-ring (bicyclic) bond motifs is 1. The monoisotopic (exact) mass is 323 g/mol. The Labute approximate surface area is 138 Å². The van der Waals surface area contributed by atoms with E-state index in [4.69, 9.17) is 4.74 Å². The molecule has 0 spiro atoms. The molecule has 3 aromatic rings. The second kappa shape index (κ2) is 6.95. The highest BCUT2D eigenvalue weighted by atomic mass is 16.5. The summed E-state index contributed by atoms with van der Waals surface area (Å²) in [5.41, 5.74) is 0.867. The molecule has 0 radical (unpaired) electrons. The van der Waals surface area contributed by atoms with Crippen molar-refractivity contribution >= 4 is 22.4 Å². The van der Waals surface area contributed by atoms with Crippen molar-refractivity contribution in [1.82, 2.24) is 10.2 Å². The minimum atomic E-state index is -0.267. The lowest BCUT2D eigenvalue weighted by molar-refractivity contribution is -0.115. The molecular formula is C18H17N3O3. The molecule has 1 amide bonds. The summed E-state index contributed by atoms with van der Waals surface area (Å²) in [4.78, 5) is 24.2. The third-order valence-electron chi connectivity index (χ3n) is 3.56. The first-order chi connectivity index (χ1) is 11.7. The lowest BCUT2D eigenvalue weighted by Gasteiger charge is -2.11. The van der Waals surface area contributed by atoms with Gasteiger partial charge in [-0.05, 0) is 25.1 Å². The maximum atomic E-state index is 12.4. The summed E-state index contributed by atoms with van der Waals surface area (Å²) < 4.78 is 5.50. The molecule has 24 heavy (non-hydrogen) atoms. The van der Waals surface area contributed by atoms with Crippen LogP contribution in [0.1, 0.15) is 12.6 Å². The van der Waals surface area contributed by atoms with E-state index in [9.17, 15) is 9.59 Å². The van der Waals surface area contributed by atoms with Gasteiger partial charge >= 0.3 is 0 Å². The van der Waals surface area contributed by atoms with E-state index in [1.165, 1.54) is 0 Å². The average Bonchev–Trinajstić information content (AvgIpc) is 2.60. The fraction of sp³-hybridized carbons (Fsp3) is 0.167. The van der Waals surface area contributed by atoms with Crippen LogP contribution in [0.15, 0.2) is 53.3 Å². The lowest BCUT2D eigenvalue weighted by atomic mass is 10.1. The highest BCUT2D eigenvalue weighted by Crippen LogP contribution is 2.24. The number of hydrogen-bond acceptors (Lipinski definition) is 4. The van der Waals surface area contributed by atoms with Gasteiger partial charge in [-0.3, -0.25) is 9.59 Å². The number of amides is 1. The van der Waals surface area contributed by atoms with Crippen LogP contribution in [0.4, 0.5) is 5.69 Å². The van der Waals surface area contributed by atoms with Crippen LogP contribution in [0.2, 0.25) is 0 Å². The van der Waals surface area contributed by atoms with Crippen LogP contribution >= 0.6 is 0 Å². The number of rotatable bonds is 5. The highest BCUT2D eigenvalue weighted by molar-refractivity contribution is 5.96. The zero-order chi connectivity index (χ0) is 16.9. The van der Waals surface area contributed by atoms with Crippen molar-refractivity contribution in [3.8, 4) is 5.75 Å². The number of nitrogens with zero attached hydrogens (tertiary/aromatic N) is 1. The molecular weight excluding hydrogens is 306 g/mol. The third kappa shape index (κ3) is 3.27. The van der Waals surface area contributed by atoms with Gasteiger partial charge in [0.05, 0.1) is 29.8 Å². The average molecular weight is 323 g/mol. The first-order valence-electron chi connectivity index (χ1n) is 7.67. The zero-order valence-corrected chi connectivity index (χ0v) is 13.2. The van der Waals surface area contributed by atoms with E-state index < -0.39 is 0 Å². The highest BCUT2D eigenvalue weighted by Gasteiger charge is 2.12. The predicted molar refractivity (Wildman–Crippen MR) is 92.3 cm³/mol. The van der Waals surface area contributed by atoms with E-state index >= 15 is 0 Å². The van der Waals surface area contributed by atoms with Crippen molar-refractivity contribution in [3.63, 3.8) is 0 Å². The first kappa shape index (κ1) is 15.7. The second-order valence-electron chi connectivity index (χ2n) is 5.20. The van der Waals surface area contributed by atoms with Gasteiger partial charge < -0.3 is 10.1 Å². The Morgan fingerprint density at radius 3 is 2.62 bits per heavy atom. The molecule has 0 saturated heterocycles. The molecule has 2 aromatic carbocycles. The fourth-order valence-electron chi connectivity index (χ4n) is 2.50. The molecule has 3 rings (SSSR count). The molecule has 0 aliphatic carbocycles. The molecule has 0 fully saturated rings. The van der Waals surface area contributed by atoms with Crippen LogP contribution in [0.3, 0.4) is 0 Å². The number of ether oxygens (including phenoxy) is 1. The minimum Gasteiger partial charge on any atom is -0.492 e. The third-order valence-corrected chi connectivity index (χ3v) is 3.56. The molecule has 6 heteroatoms. The number of nitrogens with one attached hydrogen (secondary N) is 2. The Morgan fingerprint density at radius 2 is 1.83 bits per heavy atom. The Hall–Kier alpha value is -3.15. The SMILES string of the molecule is CCOc1ccccc1NC(=O)Cc1n[nH]c(=O)c2ccccc12. The van der Waals surface area contributed by atoms with E-state index in [0.29, 0.717) is 34.5 Å². The van der Waals surface area contributed by atoms with Crippen LogP contribution in [-0.2, 0) is 11.2 Å². The van der Waals surface area contributed by atoms with Gasteiger partial charge in [0.15, 0.2) is 0 Å². The first-order valence-corrected chi connectivity index (χ1v) is 7.67. The molecule has 122 valence electrons. The van der Waals surface area contributed by atoms with Crippen molar-refractivity contribution in [2.24, 2.45) is 0 Å². The van der Waals surface area contributed by atoms with Crippen LogP contribution < -0.4 is 15.6 Å². The lowest BCUT2D eigenvalue weighted by Crippen LogP contribution is -2.18. The molecule has 0 saturated carbocycles. The Kier molecular flexibility index (Phi) is 4.56. The summed E-state index contributed by atoms with van der Waals surface area (Å²) >= 11 is 0. The Bertz CT molecular complexity index is 934. The van der Waals surface area contributed by atoms with Crippen LogP contribution in [0, 0.1) is 0 Å². The van der Waals surface area contributed by atoms with Crippen molar-refractivity contribution in [2.45, 2.75) is 13.3 Å². The van der Waals surface area contributed by atoms with Gasteiger partial charge in [-0.1, -0.05) is 30.3 Å². The minimum absolute atomic E-state index is 0.0533. The van der Waals surface area contributed by atoms with E-state index in [0.717, 1.165) is 0 Å². The maximum absolute atomic E-state index is 12.4. The van der Waals surface area contributed by atoms with E-state index in [-0.39, 0.29) is 17.9 Å². The normalized spacial score (nSPS) is 10.5. The number of benzene rings is 2. The van der Waals surface area contributed by atoms with E-state index in [1.54, 1.807) is 30.3 Å². The van der Waals surface area contributed by atoms with Gasteiger partial charge in [0.2, 0.25) is 5.91 Å².